The predicted molar refractivity (Wildman–Crippen MR) is 128 cm³/mol. The van der Waals surface area contributed by atoms with E-state index in [1.807, 2.05) is 13.0 Å². The molecule has 35 heavy (non-hydrogen) atoms. The van der Waals surface area contributed by atoms with Gasteiger partial charge in [0.25, 0.3) is 5.91 Å². The Hall–Kier alpha value is -2.58. The quantitative estimate of drug-likeness (QED) is 0.631. The van der Waals surface area contributed by atoms with Crippen molar-refractivity contribution in [1.82, 2.24) is 9.80 Å². The number of nitrogens with zero attached hydrogens (tertiary/aromatic N) is 2. The number of aliphatic hydroxyl groups excluding tert-OH is 1. The number of hydrogen-bond acceptors (Lipinski definition) is 4. The number of ether oxygens (including phenoxy) is 1. The normalized spacial score (nSPS) is 22.0. The minimum Gasteiger partial charge on any atom is -0.491 e. The van der Waals surface area contributed by atoms with Crippen LogP contribution in [0.2, 0.25) is 0 Å². The number of carbonyl (C=O) groups excluding carboxylic acids is 1. The number of rotatable bonds is 5. The van der Waals surface area contributed by atoms with Gasteiger partial charge in [0.1, 0.15) is 12.4 Å². The van der Waals surface area contributed by atoms with Crippen LogP contribution in [-0.2, 0) is 6.18 Å². The molecule has 0 bridgehead atoms. The smallest absolute Gasteiger partial charge is 0.416 e. The lowest BCUT2D eigenvalue weighted by molar-refractivity contribution is -0.137. The van der Waals surface area contributed by atoms with E-state index in [1.165, 1.54) is 23.3 Å². The molecule has 0 aliphatic carbocycles. The fraction of sp³-hybridized carbons (Fsp3) is 0.519. The zero-order valence-corrected chi connectivity index (χ0v) is 20.4. The molecule has 2 aliphatic heterocycles. The standard InChI is InChI=1S/C27H33F3N2O3/c1-17(33)16-35-25-12-11-23(18(2)19(25)3)24-6-4-5-22-15-31(13-14-32(22)24)26(34)20-7-9-21(10-8-20)27(28,29)30/h7-12,17,22,24,33H,4-6,13-16H2,1-3H3/t17-,22-,24+/m0/s1. The van der Waals surface area contributed by atoms with E-state index in [0.29, 0.717) is 13.1 Å². The van der Waals surface area contributed by atoms with Crippen LogP contribution in [-0.4, -0.2) is 59.2 Å². The summed E-state index contributed by atoms with van der Waals surface area (Å²) in [7, 11) is 0. The van der Waals surface area contributed by atoms with Gasteiger partial charge in [-0.3, -0.25) is 9.69 Å². The zero-order valence-electron chi connectivity index (χ0n) is 20.4. The molecule has 0 aromatic heterocycles. The van der Waals surface area contributed by atoms with Crippen molar-refractivity contribution in [3.05, 3.63) is 64.2 Å². The van der Waals surface area contributed by atoms with E-state index >= 15 is 0 Å². The summed E-state index contributed by atoms with van der Waals surface area (Å²) >= 11 is 0. The highest BCUT2D eigenvalue weighted by molar-refractivity contribution is 5.94. The van der Waals surface area contributed by atoms with Gasteiger partial charge in [-0.1, -0.05) is 6.07 Å². The van der Waals surface area contributed by atoms with Crippen molar-refractivity contribution >= 4 is 5.91 Å². The van der Waals surface area contributed by atoms with Crippen LogP contribution in [0.5, 0.6) is 5.75 Å². The second kappa shape index (κ2) is 10.2. The predicted octanol–water partition coefficient (Wildman–Crippen LogP) is 5.13. The van der Waals surface area contributed by atoms with Crippen molar-refractivity contribution < 1.29 is 27.8 Å². The molecule has 0 unspecified atom stereocenters. The Morgan fingerprint density at radius 3 is 2.46 bits per heavy atom. The molecule has 2 saturated heterocycles. The van der Waals surface area contributed by atoms with E-state index < -0.39 is 17.8 Å². The number of amides is 1. The van der Waals surface area contributed by atoms with E-state index in [4.69, 9.17) is 4.74 Å². The first kappa shape index (κ1) is 25.5. The number of piperazine rings is 1. The molecule has 1 amide bonds. The molecule has 2 aliphatic rings. The van der Waals surface area contributed by atoms with Crippen LogP contribution in [0.25, 0.3) is 0 Å². The Bertz CT molecular complexity index is 1050. The van der Waals surface area contributed by atoms with E-state index in [9.17, 15) is 23.1 Å². The van der Waals surface area contributed by atoms with Gasteiger partial charge in [-0.2, -0.15) is 13.2 Å². The molecule has 8 heteroatoms. The minimum atomic E-state index is -4.41. The third kappa shape index (κ3) is 5.48. The number of aliphatic hydroxyl groups is 1. The zero-order chi connectivity index (χ0) is 25.3. The first-order valence-corrected chi connectivity index (χ1v) is 12.2. The molecule has 0 saturated carbocycles. The Balaban J connectivity index is 1.46. The molecule has 2 heterocycles. The number of fused-ring (bicyclic) bond motifs is 1. The second-order valence-electron chi connectivity index (χ2n) is 9.73. The van der Waals surface area contributed by atoms with Gasteiger partial charge in [0.15, 0.2) is 0 Å². The average Bonchev–Trinajstić information content (AvgIpc) is 2.83. The van der Waals surface area contributed by atoms with Gasteiger partial charge in [-0.15, -0.1) is 0 Å². The summed E-state index contributed by atoms with van der Waals surface area (Å²) < 4.78 is 44.4. The van der Waals surface area contributed by atoms with Gasteiger partial charge in [-0.25, -0.2) is 0 Å². The molecule has 2 aromatic rings. The molecule has 3 atom stereocenters. The van der Waals surface area contributed by atoms with E-state index in [0.717, 1.165) is 49.3 Å². The maximum Gasteiger partial charge on any atom is 0.416 e. The van der Waals surface area contributed by atoms with E-state index in [1.54, 1.807) is 11.8 Å². The molecular weight excluding hydrogens is 457 g/mol. The molecule has 2 fully saturated rings. The first-order chi connectivity index (χ1) is 16.6. The molecule has 4 rings (SSSR count). The van der Waals surface area contributed by atoms with Crippen molar-refractivity contribution in [3.8, 4) is 5.75 Å². The highest BCUT2D eigenvalue weighted by Crippen LogP contribution is 2.39. The summed E-state index contributed by atoms with van der Waals surface area (Å²) in [5.74, 6) is 0.568. The highest BCUT2D eigenvalue weighted by atomic mass is 19.4. The van der Waals surface area contributed by atoms with Crippen LogP contribution >= 0.6 is 0 Å². The number of piperidine rings is 1. The van der Waals surface area contributed by atoms with Crippen LogP contribution in [0.15, 0.2) is 36.4 Å². The fourth-order valence-corrected chi connectivity index (χ4v) is 5.30. The monoisotopic (exact) mass is 490 g/mol. The number of benzene rings is 2. The van der Waals surface area contributed by atoms with Crippen molar-refractivity contribution in [3.63, 3.8) is 0 Å². The average molecular weight is 491 g/mol. The summed E-state index contributed by atoms with van der Waals surface area (Å²) in [5, 5.41) is 9.53. The van der Waals surface area contributed by atoms with Crippen molar-refractivity contribution in [2.75, 3.05) is 26.2 Å². The third-order valence-corrected chi connectivity index (χ3v) is 7.31. The number of hydrogen-bond donors (Lipinski definition) is 1. The molecule has 190 valence electrons. The SMILES string of the molecule is Cc1c(OC[C@H](C)O)ccc([C@H]2CCC[C@H]3CN(C(=O)c4ccc(C(F)(F)F)cc4)CCN32)c1C. The van der Waals surface area contributed by atoms with Crippen LogP contribution in [0.4, 0.5) is 13.2 Å². The van der Waals surface area contributed by atoms with Gasteiger partial charge < -0.3 is 14.7 Å². The largest absolute Gasteiger partial charge is 0.491 e. The molecule has 0 radical (unpaired) electrons. The van der Waals surface area contributed by atoms with Crippen LogP contribution in [0, 0.1) is 13.8 Å². The maximum absolute atomic E-state index is 13.0. The number of halogens is 3. The topological polar surface area (TPSA) is 53.0 Å². The lowest BCUT2D eigenvalue weighted by Gasteiger charge is -2.49. The highest BCUT2D eigenvalue weighted by Gasteiger charge is 2.38. The fourth-order valence-electron chi connectivity index (χ4n) is 5.30. The Morgan fingerprint density at radius 2 is 1.80 bits per heavy atom. The van der Waals surface area contributed by atoms with Crippen LogP contribution in [0.1, 0.15) is 64.8 Å². The second-order valence-corrected chi connectivity index (χ2v) is 9.73. The van der Waals surface area contributed by atoms with Gasteiger partial charge in [0, 0.05) is 37.3 Å². The van der Waals surface area contributed by atoms with E-state index in [-0.39, 0.29) is 30.2 Å². The number of alkyl halides is 3. The summed E-state index contributed by atoms with van der Waals surface area (Å²) in [6.45, 7) is 7.93. The molecule has 0 spiro atoms. The summed E-state index contributed by atoms with van der Waals surface area (Å²) in [6, 6.07) is 9.05. The van der Waals surface area contributed by atoms with Gasteiger partial charge in [0.2, 0.25) is 0 Å². The van der Waals surface area contributed by atoms with Gasteiger partial charge in [0.05, 0.1) is 11.7 Å². The van der Waals surface area contributed by atoms with Gasteiger partial charge >= 0.3 is 6.18 Å². The third-order valence-electron chi connectivity index (χ3n) is 7.31. The number of carbonyl (C=O) groups is 1. The Morgan fingerprint density at radius 1 is 1.09 bits per heavy atom. The van der Waals surface area contributed by atoms with Gasteiger partial charge in [-0.05, 0) is 87.1 Å². The maximum atomic E-state index is 13.0. The minimum absolute atomic E-state index is 0.215. The molecular formula is C27H33F3N2O3. The molecule has 5 nitrogen and oxygen atoms in total. The molecule has 2 aromatic carbocycles. The summed E-state index contributed by atoms with van der Waals surface area (Å²) in [5.41, 5.74) is 3.06. The Labute approximate surface area is 204 Å². The lowest BCUT2D eigenvalue weighted by atomic mass is 9.86. The lowest BCUT2D eigenvalue weighted by Crippen LogP contribution is -2.57. The Kier molecular flexibility index (Phi) is 7.43. The van der Waals surface area contributed by atoms with Crippen molar-refractivity contribution in [2.45, 2.75) is 64.4 Å². The van der Waals surface area contributed by atoms with Crippen molar-refractivity contribution in [2.24, 2.45) is 0 Å². The summed E-state index contributed by atoms with van der Waals surface area (Å²) in [6.07, 6.45) is -1.87. The summed E-state index contributed by atoms with van der Waals surface area (Å²) in [4.78, 5) is 17.3. The first-order valence-electron chi connectivity index (χ1n) is 12.2. The van der Waals surface area contributed by atoms with E-state index in [2.05, 4.69) is 17.9 Å². The van der Waals surface area contributed by atoms with Crippen LogP contribution in [0.3, 0.4) is 0 Å². The van der Waals surface area contributed by atoms with Crippen molar-refractivity contribution in [1.29, 1.82) is 0 Å². The molecule has 1 N–H and O–H groups in total. The van der Waals surface area contributed by atoms with Crippen LogP contribution < -0.4 is 4.74 Å².